The molecule has 3 aromatic rings. The maximum Gasteiger partial charge on any atom is 0.312 e. The Labute approximate surface area is 161 Å². The predicted molar refractivity (Wildman–Crippen MR) is 103 cm³/mol. The zero-order valence-electron chi connectivity index (χ0n) is 15.9. The Morgan fingerprint density at radius 2 is 2.11 bits per heavy atom. The van der Waals surface area contributed by atoms with Crippen molar-refractivity contribution in [2.45, 2.75) is 33.2 Å². The highest BCUT2D eigenvalue weighted by atomic mass is 32.1. The fourth-order valence-corrected chi connectivity index (χ4v) is 4.06. The summed E-state index contributed by atoms with van der Waals surface area (Å²) in [6.45, 7) is 6.16. The minimum atomic E-state index is -0.462. The Morgan fingerprint density at radius 3 is 2.81 bits per heavy atom. The van der Waals surface area contributed by atoms with Crippen LogP contribution < -0.4 is 0 Å². The van der Waals surface area contributed by atoms with E-state index in [2.05, 4.69) is 9.55 Å². The Bertz CT molecular complexity index is 941. The number of fused-ring (bicyclic) bond motifs is 1. The second-order valence-corrected chi connectivity index (χ2v) is 7.42. The quantitative estimate of drug-likeness (QED) is 0.437. The molecule has 0 fully saturated rings. The van der Waals surface area contributed by atoms with E-state index in [1.165, 1.54) is 11.3 Å². The van der Waals surface area contributed by atoms with Gasteiger partial charge in [0.1, 0.15) is 0 Å². The molecule has 3 aromatic heterocycles. The highest BCUT2D eigenvalue weighted by Gasteiger charge is 2.20. The van der Waals surface area contributed by atoms with Crippen LogP contribution in [0.2, 0.25) is 0 Å². The average molecular weight is 389 g/mol. The first-order chi connectivity index (χ1) is 12.9. The molecule has 0 saturated carbocycles. The van der Waals surface area contributed by atoms with E-state index >= 15 is 0 Å². The van der Waals surface area contributed by atoms with Gasteiger partial charge in [-0.25, -0.2) is 4.98 Å². The lowest BCUT2D eigenvalue weighted by molar-refractivity contribution is -0.141. The molecule has 0 aromatic carbocycles. The number of Topliss-reactive ketones (excluding diaryl/α,β-unsaturated/α-hetero) is 1. The van der Waals surface area contributed by atoms with Crippen LogP contribution in [0.1, 0.15) is 40.4 Å². The van der Waals surface area contributed by atoms with Crippen LogP contribution in [-0.2, 0) is 20.7 Å². The second kappa shape index (κ2) is 8.06. The fraction of sp³-hybridized carbons (Fsp3) is 0.421. The molecule has 0 unspecified atom stereocenters. The van der Waals surface area contributed by atoms with Crippen LogP contribution in [0.15, 0.2) is 23.8 Å². The summed E-state index contributed by atoms with van der Waals surface area (Å²) in [6, 6.07) is 1.95. The minimum absolute atomic E-state index is 0.0472. The van der Waals surface area contributed by atoms with Gasteiger partial charge in [0, 0.05) is 41.8 Å². The zero-order chi connectivity index (χ0) is 19.6. The summed E-state index contributed by atoms with van der Waals surface area (Å²) >= 11 is 1.50. The molecule has 7 nitrogen and oxygen atoms in total. The van der Waals surface area contributed by atoms with Crippen molar-refractivity contribution in [1.29, 1.82) is 0 Å². The highest BCUT2D eigenvalue weighted by molar-refractivity contribution is 7.15. The first kappa shape index (κ1) is 19.3. The number of hydrogen-bond donors (Lipinski definition) is 0. The number of nitrogens with zero attached hydrogens (tertiary/aromatic N) is 3. The number of hydrogen-bond acceptors (Lipinski definition) is 6. The second-order valence-electron chi connectivity index (χ2n) is 6.54. The van der Waals surface area contributed by atoms with Crippen molar-refractivity contribution in [3.05, 3.63) is 46.5 Å². The van der Waals surface area contributed by atoms with Crippen molar-refractivity contribution in [2.24, 2.45) is 0 Å². The molecule has 0 aliphatic heterocycles. The van der Waals surface area contributed by atoms with Gasteiger partial charge < -0.3 is 14.0 Å². The van der Waals surface area contributed by atoms with Gasteiger partial charge in [-0.05, 0) is 26.8 Å². The number of aromatic nitrogens is 3. The van der Waals surface area contributed by atoms with Gasteiger partial charge in [-0.1, -0.05) is 0 Å². The molecular weight excluding hydrogens is 366 g/mol. The molecule has 0 radical (unpaired) electrons. The normalized spacial score (nSPS) is 12.4. The van der Waals surface area contributed by atoms with Crippen LogP contribution in [0.3, 0.4) is 0 Å². The SMILES string of the molecule is COC[C@@H](C)n1c(C)cc(C(=O)COC(=O)Cc2cn3ccsc3n2)c1C. The fourth-order valence-electron chi connectivity index (χ4n) is 3.34. The number of esters is 1. The third-order valence-corrected chi connectivity index (χ3v) is 5.24. The minimum Gasteiger partial charge on any atom is -0.457 e. The maximum atomic E-state index is 12.5. The van der Waals surface area contributed by atoms with E-state index in [-0.39, 0.29) is 24.9 Å². The van der Waals surface area contributed by atoms with E-state index in [0.29, 0.717) is 17.9 Å². The number of ether oxygens (including phenoxy) is 2. The lowest BCUT2D eigenvalue weighted by Gasteiger charge is -2.17. The van der Waals surface area contributed by atoms with Gasteiger partial charge in [0.15, 0.2) is 11.6 Å². The molecule has 3 heterocycles. The Kier molecular flexibility index (Phi) is 5.76. The molecule has 0 saturated heterocycles. The number of imidazole rings is 1. The van der Waals surface area contributed by atoms with Crippen molar-refractivity contribution in [3.63, 3.8) is 0 Å². The van der Waals surface area contributed by atoms with Gasteiger partial charge in [-0.3, -0.25) is 14.0 Å². The predicted octanol–water partition coefficient (Wildman–Crippen LogP) is 2.99. The Hall–Kier alpha value is -2.45. The van der Waals surface area contributed by atoms with Crippen molar-refractivity contribution >= 4 is 28.1 Å². The first-order valence-corrected chi connectivity index (χ1v) is 9.56. The van der Waals surface area contributed by atoms with Crippen LogP contribution in [0, 0.1) is 13.8 Å². The Morgan fingerprint density at radius 1 is 1.33 bits per heavy atom. The smallest absolute Gasteiger partial charge is 0.312 e. The molecule has 0 spiro atoms. The third kappa shape index (κ3) is 4.12. The van der Waals surface area contributed by atoms with Gasteiger partial charge in [0.2, 0.25) is 5.78 Å². The molecule has 27 heavy (non-hydrogen) atoms. The van der Waals surface area contributed by atoms with Gasteiger partial charge in [-0.2, -0.15) is 0 Å². The lowest BCUT2D eigenvalue weighted by Crippen LogP contribution is -2.17. The average Bonchev–Trinajstić information content (AvgIpc) is 3.26. The van der Waals surface area contributed by atoms with E-state index in [1.807, 2.05) is 42.8 Å². The van der Waals surface area contributed by atoms with E-state index < -0.39 is 5.97 Å². The van der Waals surface area contributed by atoms with E-state index in [1.54, 1.807) is 13.3 Å². The summed E-state index contributed by atoms with van der Waals surface area (Å²) in [7, 11) is 1.65. The van der Waals surface area contributed by atoms with Gasteiger partial charge in [0.25, 0.3) is 0 Å². The summed E-state index contributed by atoms with van der Waals surface area (Å²) in [5.74, 6) is -0.672. The summed E-state index contributed by atoms with van der Waals surface area (Å²) in [5, 5.41) is 1.92. The first-order valence-electron chi connectivity index (χ1n) is 8.68. The van der Waals surface area contributed by atoms with Crippen LogP contribution in [0.25, 0.3) is 4.96 Å². The van der Waals surface area contributed by atoms with E-state index in [0.717, 1.165) is 16.3 Å². The summed E-state index contributed by atoms with van der Waals surface area (Å²) in [5.41, 5.74) is 3.04. The molecule has 0 aliphatic carbocycles. The Balaban J connectivity index is 1.61. The number of aryl methyl sites for hydroxylation is 1. The number of thiazole rings is 1. The molecule has 144 valence electrons. The van der Waals surface area contributed by atoms with E-state index in [9.17, 15) is 9.59 Å². The number of methoxy groups -OCH3 is 1. The molecular formula is C19H23N3O4S. The molecule has 1 atom stereocenters. The maximum absolute atomic E-state index is 12.5. The van der Waals surface area contributed by atoms with Crippen molar-refractivity contribution in [3.8, 4) is 0 Å². The van der Waals surface area contributed by atoms with Crippen LogP contribution in [0.4, 0.5) is 0 Å². The van der Waals surface area contributed by atoms with Gasteiger partial charge in [0.05, 0.1) is 24.8 Å². The molecule has 3 rings (SSSR count). The largest absolute Gasteiger partial charge is 0.457 e. The zero-order valence-corrected chi connectivity index (χ0v) is 16.7. The number of carbonyl (C=O) groups excluding carboxylic acids is 2. The van der Waals surface area contributed by atoms with E-state index in [4.69, 9.17) is 9.47 Å². The van der Waals surface area contributed by atoms with Crippen molar-refractivity contribution < 1.29 is 19.1 Å². The van der Waals surface area contributed by atoms with Crippen molar-refractivity contribution in [1.82, 2.24) is 14.0 Å². The number of carbonyl (C=O) groups is 2. The topological polar surface area (TPSA) is 74.8 Å². The van der Waals surface area contributed by atoms with Gasteiger partial charge in [-0.15, -0.1) is 11.3 Å². The van der Waals surface area contributed by atoms with Crippen LogP contribution in [0.5, 0.6) is 0 Å². The monoisotopic (exact) mass is 389 g/mol. The van der Waals surface area contributed by atoms with Crippen molar-refractivity contribution in [2.75, 3.05) is 20.3 Å². The molecule has 0 N–H and O–H groups in total. The van der Waals surface area contributed by atoms with Crippen LogP contribution in [-0.4, -0.2) is 46.0 Å². The molecule has 8 heteroatoms. The number of ketones is 1. The van der Waals surface area contributed by atoms with Gasteiger partial charge >= 0.3 is 5.97 Å². The molecule has 0 aliphatic rings. The third-order valence-electron chi connectivity index (χ3n) is 4.47. The summed E-state index contributed by atoms with van der Waals surface area (Å²) < 4.78 is 14.3. The highest BCUT2D eigenvalue weighted by Crippen LogP contribution is 2.21. The summed E-state index contributed by atoms with van der Waals surface area (Å²) in [4.78, 5) is 29.8. The number of rotatable bonds is 8. The lowest BCUT2D eigenvalue weighted by atomic mass is 10.1. The van der Waals surface area contributed by atoms with Crippen LogP contribution >= 0.6 is 11.3 Å². The molecule has 0 amide bonds. The molecule has 0 bridgehead atoms. The standard InChI is InChI=1S/C19H23N3O4S/c1-12-7-16(14(3)22(12)13(2)10-25-4)17(23)11-26-18(24)8-15-9-21-5-6-27-19(21)20-15/h5-7,9,13H,8,10-11H2,1-4H3/t13-/m1/s1. The summed E-state index contributed by atoms with van der Waals surface area (Å²) in [6.07, 6.45) is 3.72.